The largest absolute Gasteiger partial charge is 0.504 e. The standard InChI is InChI=1S/C39H52O6/c1-23(2)12-15-27-21-38-22-28(16-13-24(3)4)37(9,10)45-34(38)31(32(41)26-14-17-30(44-11)29(40)20-26)33(42)39(35(38)43,36(27,7)8)19-18-25(5)6/h12-14,17-18,20,27-28,40H,15-16,19,21-22H2,1-11H3/t27-,28+,38+,39+/m1/s1. The number of aromatic hydroxyl groups is 1. The molecule has 45 heavy (non-hydrogen) atoms. The molecule has 1 saturated carbocycles. The molecule has 3 aliphatic rings. The first-order valence-electron chi connectivity index (χ1n) is 16.2. The highest BCUT2D eigenvalue weighted by Crippen LogP contribution is 2.69. The highest BCUT2D eigenvalue weighted by Gasteiger charge is 2.74. The summed E-state index contributed by atoms with van der Waals surface area (Å²) in [5.41, 5.74) is -0.607. The lowest BCUT2D eigenvalue weighted by Gasteiger charge is -2.64. The topological polar surface area (TPSA) is 89.9 Å². The van der Waals surface area contributed by atoms with Gasteiger partial charge in [-0.1, -0.05) is 48.8 Å². The maximum absolute atomic E-state index is 15.4. The Morgan fingerprint density at radius 1 is 0.911 bits per heavy atom. The average Bonchev–Trinajstić information content (AvgIpc) is 2.93. The minimum atomic E-state index is -1.46. The van der Waals surface area contributed by atoms with Gasteiger partial charge in [0.2, 0.25) is 0 Å². The number of methoxy groups -OCH3 is 1. The van der Waals surface area contributed by atoms with Crippen LogP contribution >= 0.6 is 0 Å². The van der Waals surface area contributed by atoms with Crippen molar-refractivity contribution in [2.24, 2.45) is 28.1 Å². The van der Waals surface area contributed by atoms with E-state index in [2.05, 4.69) is 39.8 Å². The van der Waals surface area contributed by atoms with Gasteiger partial charge in [0.1, 0.15) is 22.3 Å². The van der Waals surface area contributed by atoms with Gasteiger partial charge in [0.05, 0.1) is 12.5 Å². The van der Waals surface area contributed by atoms with Gasteiger partial charge in [-0.25, -0.2) is 0 Å². The zero-order valence-electron chi connectivity index (χ0n) is 29.1. The van der Waals surface area contributed by atoms with Crippen LogP contribution in [0.15, 0.2) is 64.5 Å². The number of fused-ring (bicyclic) bond motifs is 1. The van der Waals surface area contributed by atoms with Gasteiger partial charge in [-0.05, 0) is 117 Å². The lowest BCUT2D eigenvalue weighted by Crippen LogP contribution is -2.69. The number of ketones is 3. The molecule has 0 amide bonds. The first-order chi connectivity index (χ1) is 20.9. The van der Waals surface area contributed by atoms with Crippen LogP contribution in [0.1, 0.15) is 112 Å². The second-order valence-corrected chi connectivity index (χ2v) is 15.3. The molecular formula is C39H52O6. The van der Waals surface area contributed by atoms with Gasteiger partial charge in [-0.15, -0.1) is 0 Å². The minimum Gasteiger partial charge on any atom is -0.504 e. The van der Waals surface area contributed by atoms with Crippen molar-refractivity contribution >= 4 is 17.3 Å². The van der Waals surface area contributed by atoms with Gasteiger partial charge in [-0.2, -0.15) is 0 Å². The van der Waals surface area contributed by atoms with Crippen LogP contribution in [0.3, 0.4) is 0 Å². The van der Waals surface area contributed by atoms with Crippen LogP contribution in [0.25, 0.3) is 0 Å². The van der Waals surface area contributed by atoms with Crippen molar-refractivity contribution in [1.29, 1.82) is 0 Å². The molecule has 0 radical (unpaired) electrons. The number of allylic oxidation sites excluding steroid dienone is 8. The van der Waals surface area contributed by atoms with Crippen molar-refractivity contribution in [3.8, 4) is 11.5 Å². The predicted octanol–water partition coefficient (Wildman–Crippen LogP) is 8.89. The third-order valence-electron chi connectivity index (χ3n) is 10.9. The molecule has 4 rings (SSSR count). The molecule has 2 aliphatic carbocycles. The van der Waals surface area contributed by atoms with E-state index >= 15 is 9.59 Å². The summed E-state index contributed by atoms with van der Waals surface area (Å²) in [6, 6.07) is 4.40. The molecule has 1 aromatic rings. The molecule has 4 atom stereocenters. The number of phenolic OH excluding ortho intramolecular Hbond substituents is 1. The van der Waals surface area contributed by atoms with Crippen LogP contribution in [-0.4, -0.2) is 35.2 Å². The number of ether oxygens (including phenoxy) is 2. The van der Waals surface area contributed by atoms with E-state index in [1.54, 1.807) is 6.07 Å². The molecule has 2 bridgehead atoms. The summed E-state index contributed by atoms with van der Waals surface area (Å²) < 4.78 is 12.1. The lowest BCUT2D eigenvalue weighted by molar-refractivity contribution is -0.188. The van der Waals surface area contributed by atoms with Crippen molar-refractivity contribution in [1.82, 2.24) is 0 Å². The van der Waals surface area contributed by atoms with Crippen molar-refractivity contribution in [3.63, 3.8) is 0 Å². The number of carbonyl (C=O) groups excluding carboxylic acids is 3. The molecule has 6 nitrogen and oxygen atoms in total. The molecule has 1 heterocycles. The molecule has 0 unspecified atom stereocenters. The smallest absolute Gasteiger partial charge is 0.200 e. The van der Waals surface area contributed by atoms with E-state index in [0.29, 0.717) is 12.8 Å². The predicted molar refractivity (Wildman–Crippen MR) is 178 cm³/mol. The van der Waals surface area contributed by atoms with E-state index in [4.69, 9.17) is 9.47 Å². The third kappa shape index (κ3) is 5.63. The lowest BCUT2D eigenvalue weighted by atomic mass is 9.39. The van der Waals surface area contributed by atoms with Gasteiger partial charge in [-0.3, -0.25) is 14.4 Å². The molecule has 244 valence electrons. The molecule has 1 spiro atoms. The SMILES string of the molecule is COc1ccc(C(=O)C2=C3OC(C)(C)[C@@H](CC=C(C)C)C[C@@]34C[C@@H](CC=C(C)C)C(C)(C)[C@@](CC=C(C)C)(C2=O)C4=O)cc1O. The summed E-state index contributed by atoms with van der Waals surface area (Å²) in [7, 11) is 1.44. The maximum Gasteiger partial charge on any atom is 0.200 e. The number of hydrogen-bond acceptors (Lipinski definition) is 6. The first-order valence-corrected chi connectivity index (χ1v) is 16.2. The Bertz CT molecular complexity index is 1520. The maximum atomic E-state index is 15.4. The second kappa shape index (κ2) is 12.1. The normalized spacial score (nSPS) is 28.0. The van der Waals surface area contributed by atoms with Crippen molar-refractivity contribution in [2.45, 2.75) is 107 Å². The molecule has 2 fully saturated rings. The van der Waals surface area contributed by atoms with E-state index < -0.39 is 33.4 Å². The number of hydrogen-bond donors (Lipinski definition) is 1. The number of rotatable bonds is 9. The Balaban J connectivity index is 2.09. The summed E-state index contributed by atoms with van der Waals surface area (Å²) in [5, 5.41) is 10.6. The molecule has 1 N–H and O–H groups in total. The van der Waals surface area contributed by atoms with Crippen LogP contribution in [-0.2, 0) is 14.3 Å². The zero-order chi connectivity index (χ0) is 33.7. The summed E-state index contributed by atoms with van der Waals surface area (Å²) >= 11 is 0. The fourth-order valence-electron chi connectivity index (χ4n) is 7.88. The first kappa shape index (κ1) is 34.5. The summed E-state index contributed by atoms with van der Waals surface area (Å²) in [4.78, 5) is 45.2. The third-order valence-corrected chi connectivity index (χ3v) is 10.9. The Morgan fingerprint density at radius 2 is 1.47 bits per heavy atom. The van der Waals surface area contributed by atoms with Crippen molar-refractivity contribution in [3.05, 3.63) is 70.0 Å². The summed E-state index contributed by atoms with van der Waals surface area (Å²) in [6.07, 6.45) is 9.03. The van der Waals surface area contributed by atoms with Crippen LogP contribution in [0.4, 0.5) is 0 Å². The van der Waals surface area contributed by atoms with Crippen molar-refractivity contribution < 1.29 is 29.0 Å². The number of carbonyl (C=O) groups is 3. The fourth-order valence-corrected chi connectivity index (χ4v) is 7.88. The Hall–Kier alpha value is -3.41. The van der Waals surface area contributed by atoms with Gasteiger partial charge < -0.3 is 14.6 Å². The van der Waals surface area contributed by atoms with Gasteiger partial charge in [0, 0.05) is 11.5 Å². The Labute approximate surface area is 269 Å². The Kier molecular flexibility index (Phi) is 9.25. The van der Waals surface area contributed by atoms with Gasteiger partial charge in [0.25, 0.3) is 0 Å². The molecule has 6 heteroatoms. The highest BCUT2D eigenvalue weighted by molar-refractivity contribution is 6.35. The average molecular weight is 617 g/mol. The molecule has 1 aliphatic heterocycles. The van der Waals surface area contributed by atoms with Gasteiger partial charge >= 0.3 is 0 Å². The monoisotopic (exact) mass is 616 g/mol. The minimum absolute atomic E-state index is 0.00906. The van der Waals surface area contributed by atoms with Crippen LogP contribution in [0.5, 0.6) is 11.5 Å². The fraction of sp³-hybridized carbons (Fsp3) is 0.564. The second-order valence-electron chi connectivity index (χ2n) is 15.3. The van der Waals surface area contributed by atoms with E-state index in [0.717, 1.165) is 18.4 Å². The van der Waals surface area contributed by atoms with Crippen LogP contribution in [0.2, 0.25) is 0 Å². The van der Waals surface area contributed by atoms with E-state index in [1.165, 1.54) is 30.4 Å². The quantitative estimate of drug-likeness (QED) is 0.129. The summed E-state index contributed by atoms with van der Waals surface area (Å²) in [5.74, 6) is -0.893. The summed E-state index contributed by atoms with van der Waals surface area (Å²) in [6.45, 7) is 20.3. The molecule has 1 aromatic carbocycles. The number of benzene rings is 1. The molecule has 0 aromatic heterocycles. The zero-order valence-corrected chi connectivity index (χ0v) is 29.1. The molecular weight excluding hydrogens is 564 g/mol. The van der Waals surface area contributed by atoms with Crippen LogP contribution < -0.4 is 4.74 Å². The van der Waals surface area contributed by atoms with E-state index in [9.17, 15) is 9.90 Å². The van der Waals surface area contributed by atoms with E-state index in [1.807, 2.05) is 47.6 Å². The number of phenols is 1. The highest BCUT2D eigenvalue weighted by atomic mass is 16.5. The molecule has 1 saturated heterocycles. The van der Waals surface area contributed by atoms with Crippen molar-refractivity contribution in [2.75, 3.05) is 7.11 Å². The van der Waals surface area contributed by atoms with E-state index in [-0.39, 0.29) is 52.4 Å². The Morgan fingerprint density at radius 3 is 2.00 bits per heavy atom. The van der Waals surface area contributed by atoms with Crippen LogP contribution in [0, 0.1) is 28.1 Å². The van der Waals surface area contributed by atoms with Gasteiger partial charge in [0.15, 0.2) is 28.8 Å². The number of Topliss-reactive ketones (excluding diaryl/α,β-unsaturated/α-hetero) is 3.